The SMILES string of the molecule is O=C(Nc1ccsc1-c1nnc(C2CC2)o1)c1cc(F)ccc1F. The lowest BCUT2D eigenvalue weighted by atomic mass is 10.2. The van der Waals surface area contributed by atoms with E-state index in [0.29, 0.717) is 28.3 Å². The number of hydrogen-bond acceptors (Lipinski definition) is 5. The van der Waals surface area contributed by atoms with Crippen molar-refractivity contribution < 1.29 is 18.0 Å². The van der Waals surface area contributed by atoms with E-state index in [1.54, 1.807) is 11.4 Å². The molecule has 0 unspecified atom stereocenters. The predicted octanol–water partition coefficient (Wildman–Crippen LogP) is 4.21. The molecule has 8 heteroatoms. The zero-order valence-electron chi connectivity index (χ0n) is 12.3. The highest BCUT2D eigenvalue weighted by Gasteiger charge is 2.30. The van der Waals surface area contributed by atoms with Crippen molar-refractivity contribution in [3.05, 3.63) is 52.7 Å². The third-order valence-corrected chi connectivity index (χ3v) is 4.55. The number of hydrogen-bond donors (Lipinski definition) is 1. The summed E-state index contributed by atoms with van der Waals surface area (Å²) in [5.41, 5.74) is 0.0519. The van der Waals surface area contributed by atoms with Gasteiger partial charge in [0.05, 0.1) is 11.3 Å². The molecule has 2 heterocycles. The zero-order chi connectivity index (χ0) is 16.7. The second-order valence-electron chi connectivity index (χ2n) is 5.46. The van der Waals surface area contributed by atoms with E-state index in [9.17, 15) is 13.6 Å². The highest BCUT2D eigenvalue weighted by Crippen LogP contribution is 2.41. The van der Waals surface area contributed by atoms with Crippen molar-refractivity contribution in [2.24, 2.45) is 0 Å². The molecule has 4 rings (SSSR count). The van der Waals surface area contributed by atoms with E-state index in [-0.39, 0.29) is 5.56 Å². The predicted molar refractivity (Wildman–Crippen MR) is 83.9 cm³/mol. The van der Waals surface area contributed by atoms with Crippen LogP contribution in [0.2, 0.25) is 0 Å². The van der Waals surface area contributed by atoms with Gasteiger partial charge in [0.25, 0.3) is 11.8 Å². The van der Waals surface area contributed by atoms with Crippen LogP contribution in [0.1, 0.15) is 35.0 Å². The van der Waals surface area contributed by atoms with E-state index in [1.165, 1.54) is 11.3 Å². The largest absolute Gasteiger partial charge is 0.420 e. The fourth-order valence-electron chi connectivity index (χ4n) is 2.26. The number of rotatable bonds is 4. The second-order valence-corrected chi connectivity index (χ2v) is 6.38. The summed E-state index contributed by atoms with van der Waals surface area (Å²) in [6.07, 6.45) is 2.07. The number of benzene rings is 1. The summed E-state index contributed by atoms with van der Waals surface area (Å²) in [7, 11) is 0. The molecule has 1 aliphatic carbocycles. The number of halogens is 2. The van der Waals surface area contributed by atoms with E-state index in [0.717, 1.165) is 31.0 Å². The van der Waals surface area contributed by atoms with Crippen molar-refractivity contribution >= 4 is 22.9 Å². The molecule has 0 saturated heterocycles. The van der Waals surface area contributed by atoms with Crippen molar-refractivity contribution in [1.82, 2.24) is 10.2 Å². The molecule has 1 aliphatic rings. The number of anilines is 1. The number of nitrogens with one attached hydrogen (secondary N) is 1. The van der Waals surface area contributed by atoms with Gasteiger partial charge < -0.3 is 9.73 Å². The van der Waals surface area contributed by atoms with Crippen LogP contribution in [-0.2, 0) is 0 Å². The van der Waals surface area contributed by atoms with Gasteiger partial charge >= 0.3 is 0 Å². The van der Waals surface area contributed by atoms with Crippen molar-refractivity contribution in [1.29, 1.82) is 0 Å². The molecule has 0 spiro atoms. The second kappa shape index (κ2) is 5.79. The van der Waals surface area contributed by atoms with Gasteiger partial charge in [0.15, 0.2) is 0 Å². The molecule has 1 N–H and O–H groups in total. The number of carbonyl (C=O) groups excluding carboxylic acids is 1. The number of thiophene rings is 1. The minimum atomic E-state index is -0.792. The van der Waals surface area contributed by atoms with Gasteiger partial charge in [-0.3, -0.25) is 4.79 Å². The Kier molecular flexibility index (Phi) is 3.61. The molecule has 2 aromatic heterocycles. The number of nitrogens with zero attached hydrogens (tertiary/aromatic N) is 2. The molecule has 0 radical (unpaired) electrons. The summed E-state index contributed by atoms with van der Waals surface area (Å²) >= 11 is 1.31. The van der Waals surface area contributed by atoms with Crippen LogP contribution in [0.25, 0.3) is 10.8 Å². The van der Waals surface area contributed by atoms with Crippen LogP contribution in [0.15, 0.2) is 34.1 Å². The van der Waals surface area contributed by atoms with Gasteiger partial charge in [0, 0.05) is 5.92 Å². The Hall–Kier alpha value is -2.61. The van der Waals surface area contributed by atoms with Crippen LogP contribution in [0.5, 0.6) is 0 Å². The van der Waals surface area contributed by atoms with Crippen LogP contribution in [0.4, 0.5) is 14.5 Å². The van der Waals surface area contributed by atoms with Crippen molar-refractivity contribution in [3.8, 4) is 10.8 Å². The maximum Gasteiger partial charge on any atom is 0.259 e. The molecular formula is C16H11F2N3O2S. The Morgan fingerprint density at radius 1 is 1.25 bits per heavy atom. The summed E-state index contributed by atoms with van der Waals surface area (Å²) < 4.78 is 32.6. The van der Waals surface area contributed by atoms with Crippen LogP contribution >= 0.6 is 11.3 Å². The van der Waals surface area contributed by atoms with Crippen molar-refractivity contribution in [2.75, 3.05) is 5.32 Å². The smallest absolute Gasteiger partial charge is 0.259 e. The molecule has 0 atom stereocenters. The minimum Gasteiger partial charge on any atom is -0.420 e. The third-order valence-electron chi connectivity index (χ3n) is 3.65. The molecule has 122 valence electrons. The summed E-state index contributed by atoms with van der Waals surface area (Å²) in [5.74, 6) is -0.995. The normalized spacial score (nSPS) is 13.9. The average molecular weight is 347 g/mol. The van der Waals surface area contributed by atoms with E-state index >= 15 is 0 Å². The summed E-state index contributed by atoms with van der Waals surface area (Å²) in [6.45, 7) is 0. The van der Waals surface area contributed by atoms with Gasteiger partial charge in [-0.15, -0.1) is 21.5 Å². The molecule has 3 aromatic rings. The number of amides is 1. The Labute approximate surface area is 139 Å². The molecule has 1 aromatic carbocycles. The molecular weight excluding hydrogens is 336 g/mol. The van der Waals surface area contributed by atoms with Gasteiger partial charge in [-0.1, -0.05) is 0 Å². The highest BCUT2D eigenvalue weighted by molar-refractivity contribution is 7.14. The zero-order valence-corrected chi connectivity index (χ0v) is 13.1. The standard InChI is InChI=1S/C16H11F2N3O2S/c17-9-3-4-11(18)10(7-9)14(22)19-12-5-6-24-13(12)16-21-20-15(23-16)8-1-2-8/h3-8H,1-2H2,(H,19,22). The summed E-state index contributed by atoms with van der Waals surface area (Å²) in [4.78, 5) is 12.8. The fourth-order valence-corrected chi connectivity index (χ4v) is 3.03. The highest BCUT2D eigenvalue weighted by atomic mass is 32.1. The summed E-state index contributed by atoms with van der Waals surface area (Å²) in [5, 5.41) is 12.3. The quantitative estimate of drug-likeness (QED) is 0.768. The first-order valence-electron chi connectivity index (χ1n) is 7.29. The molecule has 1 saturated carbocycles. The lowest BCUT2D eigenvalue weighted by molar-refractivity contribution is 0.102. The van der Waals surface area contributed by atoms with E-state index in [2.05, 4.69) is 15.5 Å². The fraction of sp³-hybridized carbons (Fsp3) is 0.188. The first-order valence-corrected chi connectivity index (χ1v) is 8.17. The van der Waals surface area contributed by atoms with Crippen molar-refractivity contribution in [3.63, 3.8) is 0 Å². The van der Waals surface area contributed by atoms with Gasteiger partial charge in [-0.2, -0.15) is 0 Å². The van der Waals surface area contributed by atoms with Crippen LogP contribution < -0.4 is 5.32 Å². The van der Waals surface area contributed by atoms with Crippen molar-refractivity contribution in [2.45, 2.75) is 18.8 Å². The lowest BCUT2D eigenvalue weighted by Crippen LogP contribution is -2.14. The monoisotopic (exact) mass is 347 g/mol. The molecule has 5 nitrogen and oxygen atoms in total. The molecule has 1 amide bonds. The maximum absolute atomic E-state index is 13.7. The number of carbonyl (C=O) groups is 1. The Balaban J connectivity index is 1.60. The average Bonchev–Trinajstić information content (AvgIpc) is 3.12. The van der Waals surface area contributed by atoms with E-state index < -0.39 is 17.5 Å². The maximum atomic E-state index is 13.7. The van der Waals surface area contributed by atoms with Crippen LogP contribution in [0.3, 0.4) is 0 Å². The van der Waals surface area contributed by atoms with Gasteiger partial charge in [0.1, 0.15) is 16.5 Å². The molecule has 0 bridgehead atoms. The molecule has 1 fully saturated rings. The van der Waals surface area contributed by atoms with Gasteiger partial charge in [-0.05, 0) is 42.5 Å². The van der Waals surface area contributed by atoms with Gasteiger partial charge in [-0.25, -0.2) is 8.78 Å². The van der Waals surface area contributed by atoms with Gasteiger partial charge in [0.2, 0.25) is 5.89 Å². The number of aromatic nitrogens is 2. The molecule has 24 heavy (non-hydrogen) atoms. The minimum absolute atomic E-state index is 0.307. The summed E-state index contributed by atoms with van der Waals surface area (Å²) in [6, 6.07) is 4.38. The molecule has 0 aliphatic heterocycles. The lowest BCUT2D eigenvalue weighted by Gasteiger charge is -2.06. The van der Waals surface area contributed by atoms with E-state index in [1.807, 2.05) is 0 Å². The van der Waals surface area contributed by atoms with Crippen LogP contribution in [0, 0.1) is 11.6 Å². The Morgan fingerprint density at radius 3 is 2.88 bits per heavy atom. The Bertz CT molecular complexity index is 918. The topological polar surface area (TPSA) is 68.0 Å². The first kappa shape index (κ1) is 14.9. The first-order chi connectivity index (χ1) is 11.6. The Morgan fingerprint density at radius 2 is 2.08 bits per heavy atom. The third kappa shape index (κ3) is 2.80. The van der Waals surface area contributed by atoms with Crippen LogP contribution in [-0.4, -0.2) is 16.1 Å². The van der Waals surface area contributed by atoms with E-state index in [4.69, 9.17) is 4.42 Å².